The van der Waals surface area contributed by atoms with Gasteiger partial charge in [-0.15, -0.1) is 0 Å². The molecule has 6 heteroatoms. The number of ether oxygens (including phenoxy) is 2. The van der Waals surface area contributed by atoms with E-state index >= 15 is 0 Å². The molecule has 1 amide bonds. The van der Waals surface area contributed by atoms with Crippen LogP contribution in [0.1, 0.15) is 21.5 Å². The summed E-state index contributed by atoms with van der Waals surface area (Å²) in [7, 11) is 3.17. The summed E-state index contributed by atoms with van der Waals surface area (Å²) in [5.74, 6) is 1.05. The molecular formula is C22H23N3O3. The van der Waals surface area contributed by atoms with Gasteiger partial charge in [-0.2, -0.15) is 0 Å². The molecule has 3 rings (SSSR count). The van der Waals surface area contributed by atoms with Crippen molar-refractivity contribution in [2.75, 3.05) is 24.9 Å². The molecule has 0 aliphatic carbocycles. The third-order valence-electron chi connectivity index (χ3n) is 4.30. The number of hydrogen-bond acceptors (Lipinski definition) is 5. The first-order valence-corrected chi connectivity index (χ1v) is 8.83. The standard InChI is InChI=1S/C22H23N3O3/c1-14-5-7-19(15(2)9-14)25-22(26)16-10-18(13-23-12-16)24-17-6-8-20(27-3)21(11-17)28-4/h5-13,24H,1-4H3,(H,25,26). The molecule has 0 saturated heterocycles. The van der Waals surface area contributed by atoms with Crippen LogP contribution in [0.5, 0.6) is 11.5 Å². The highest BCUT2D eigenvalue weighted by Gasteiger charge is 2.10. The number of methoxy groups -OCH3 is 2. The average Bonchev–Trinajstić information content (AvgIpc) is 2.70. The van der Waals surface area contributed by atoms with Crippen molar-refractivity contribution in [2.45, 2.75) is 13.8 Å². The number of carbonyl (C=O) groups is 1. The zero-order valence-corrected chi connectivity index (χ0v) is 16.4. The summed E-state index contributed by atoms with van der Waals surface area (Å²) in [6.07, 6.45) is 3.20. The number of rotatable bonds is 6. The van der Waals surface area contributed by atoms with Gasteiger partial charge < -0.3 is 20.1 Å². The van der Waals surface area contributed by atoms with E-state index in [9.17, 15) is 4.79 Å². The van der Waals surface area contributed by atoms with Gasteiger partial charge in [-0.1, -0.05) is 17.7 Å². The normalized spacial score (nSPS) is 10.3. The van der Waals surface area contributed by atoms with Crippen LogP contribution >= 0.6 is 0 Å². The Morgan fingerprint density at radius 1 is 0.893 bits per heavy atom. The quantitative estimate of drug-likeness (QED) is 0.651. The molecule has 1 aromatic heterocycles. The van der Waals surface area contributed by atoms with E-state index in [1.54, 1.807) is 32.7 Å². The SMILES string of the molecule is COc1ccc(Nc2cncc(C(=O)Nc3ccc(C)cc3C)c2)cc1OC. The fourth-order valence-electron chi connectivity index (χ4n) is 2.86. The predicted octanol–water partition coefficient (Wildman–Crippen LogP) is 4.71. The van der Waals surface area contributed by atoms with Crippen molar-refractivity contribution < 1.29 is 14.3 Å². The number of carbonyl (C=O) groups excluding carboxylic acids is 1. The molecule has 0 aliphatic heterocycles. The van der Waals surface area contributed by atoms with E-state index in [1.807, 2.05) is 50.2 Å². The summed E-state index contributed by atoms with van der Waals surface area (Å²) in [6, 6.07) is 13.2. The molecule has 3 aromatic rings. The summed E-state index contributed by atoms with van der Waals surface area (Å²) in [5, 5.41) is 6.16. The molecule has 0 radical (unpaired) electrons. The van der Waals surface area contributed by atoms with Crippen molar-refractivity contribution in [3.05, 3.63) is 71.5 Å². The minimum atomic E-state index is -0.213. The smallest absolute Gasteiger partial charge is 0.257 e. The maximum absolute atomic E-state index is 12.6. The Labute approximate surface area is 164 Å². The molecule has 0 aliphatic rings. The lowest BCUT2D eigenvalue weighted by atomic mass is 10.1. The molecule has 0 atom stereocenters. The Hall–Kier alpha value is -3.54. The largest absolute Gasteiger partial charge is 0.493 e. The van der Waals surface area contributed by atoms with Crippen LogP contribution in [0.4, 0.5) is 17.1 Å². The van der Waals surface area contributed by atoms with Gasteiger partial charge in [0.15, 0.2) is 11.5 Å². The fraction of sp³-hybridized carbons (Fsp3) is 0.182. The molecule has 0 saturated carbocycles. The molecule has 28 heavy (non-hydrogen) atoms. The number of aryl methyl sites for hydroxylation is 2. The molecule has 6 nitrogen and oxygen atoms in total. The fourth-order valence-corrected chi connectivity index (χ4v) is 2.86. The van der Waals surface area contributed by atoms with Gasteiger partial charge in [-0.05, 0) is 43.7 Å². The van der Waals surface area contributed by atoms with Gasteiger partial charge in [0.25, 0.3) is 5.91 Å². The average molecular weight is 377 g/mol. The van der Waals surface area contributed by atoms with Crippen LogP contribution in [0.3, 0.4) is 0 Å². The number of aromatic nitrogens is 1. The molecule has 2 N–H and O–H groups in total. The second kappa shape index (κ2) is 8.43. The van der Waals surface area contributed by atoms with Crippen molar-refractivity contribution in [3.8, 4) is 11.5 Å². The van der Waals surface area contributed by atoms with E-state index in [1.165, 1.54) is 0 Å². The number of nitrogens with zero attached hydrogens (tertiary/aromatic N) is 1. The van der Waals surface area contributed by atoms with Gasteiger partial charge in [-0.25, -0.2) is 0 Å². The van der Waals surface area contributed by atoms with Gasteiger partial charge in [0, 0.05) is 23.6 Å². The van der Waals surface area contributed by atoms with Gasteiger partial charge in [0.05, 0.1) is 31.7 Å². The molecule has 0 unspecified atom stereocenters. The molecule has 0 fully saturated rings. The van der Waals surface area contributed by atoms with Crippen molar-refractivity contribution in [1.29, 1.82) is 0 Å². The molecule has 0 bridgehead atoms. The monoisotopic (exact) mass is 377 g/mol. The highest BCUT2D eigenvalue weighted by molar-refractivity contribution is 6.05. The highest BCUT2D eigenvalue weighted by atomic mass is 16.5. The molecule has 0 spiro atoms. The zero-order valence-electron chi connectivity index (χ0n) is 16.4. The van der Waals surface area contributed by atoms with Crippen LogP contribution in [0.2, 0.25) is 0 Å². The molecule has 144 valence electrons. The molecular weight excluding hydrogens is 354 g/mol. The van der Waals surface area contributed by atoms with Crippen LogP contribution < -0.4 is 20.1 Å². The van der Waals surface area contributed by atoms with Crippen molar-refractivity contribution in [3.63, 3.8) is 0 Å². The van der Waals surface area contributed by atoms with E-state index in [4.69, 9.17) is 9.47 Å². The minimum Gasteiger partial charge on any atom is -0.493 e. The van der Waals surface area contributed by atoms with E-state index in [0.717, 1.165) is 22.5 Å². The summed E-state index contributed by atoms with van der Waals surface area (Å²) in [6.45, 7) is 3.99. The third-order valence-corrected chi connectivity index (χ3v) is 4.30. The number of benzene rings is 2. The van der Waals surface area contributed by atoms with Crippen molar-refractivity contribution in [2.24, 2.45) is 0 Å². The topological polar surface area (TPSA) is 72.5 Å². The van der Waals surface area contributed by atoms with Crippen LogP contribution in [-0.2, 0) is 0 Å². The Balaban J connectivity index is 1.77. The summed E-state index contributed by atoms with van der Waals surface area (Å²) in [5.41, 5.74) is 4.91. The van der Waals surface area contributed by atoms with E-state index in [0.29, 0.717) is 22.7 Å². The van der Waals surface area contributed by atoms with E-state index in [-0.39, 0.29) is 5.91 Å². The zero-order chi connectivity index (χ0) is 20.1. The Bertz CT molecular complexity index is 1000. The van der Waals surface area contributed by atoms with Gasteiger partial charge >= 0.3 is 0 Å². The lowest BCUT2D eigenvalue weighted by molar-refractivity contribution is 0.102. The molecule has 2 aromatic carbocycles. The Kier molecular flexibility index (Phi) is 5.79. The first-order chi connectivity index (χ1) is 13.5. The molecule has 1 heterocycles. The number of amides is 1. The number of hydrogen-bond donors (Lipinski definition) is 2. The Morgan fingerprint density at radius 3 is 2.39 bits per heavy atom. The lowest BCUT2D eigenvalue weighted by Crippen LogP contribution is -2.13. The highest BCUT2D eigenvalue weighted by Crippen LogP contribution is 2.31. The predicted molar refractivity (Wildman–Crippen MR) is 111 cm³/mol. The minimum absolute atomic E-state index is 0.213. The van der Waals surface area contributed by atoms with Gasteiger partial charge in [0.1, 0.15) is 0 Å². The van der Waals surface area contributed by atoms with Crippen LogP contribution in [-0.4, -0.2) is 25.1 Å². The number of anilines is 3. The third kappa shape index (κ3) is 4.40. The summed E-state index contributed by atoms with van der Waals surface area (Å²) >= 11 is 0. The summed E-state index contributed by atoms with van der Waals surface area (Å²) in [4.78, 5) is 16.8. The summed E-state index contributed by atoms with van der Waals surface area (Å²) < 4.78 is 10.6. The Morgan fingerprint density at radius 2 is 1.68 bits per heavy atom. The van der Waals surface area contributed by atoms with E-state index in [2.05, 4.69) is 15.6 Å². The van der Waals surface area contributed by atoms with Crippen LogP contribution in [0.15, 0.2) is 54.9 Å². The van der Waals surface area contributed by atoms with Crippen molar-refractivity contribution in [1.82, 2.24) is 4.98 Å². The van der Waals surface area contributed by atoms with Gasteiger partial charge in [-0.3, -0.25) is 9.78 Å². The lowest BCUT2D eigenvalue weighted by Gasteiger charge is -2.12. The number of nitrogens with one attached hydrogen (secondary N) is 2. The van der Waals surface area contributed by atoms with Crippen molar-refractivity contribution >= 4 is 23.0 Å². The first-order valence-electron chi connectivity index (χ1n) is 8.83. The van der Waals surface area contributed by atoms with Crippen LogP contribution in [0.25, 0.3) is 0 Å². The van der Waals surface area contributed by atoms with Gasteiger partial charge in [0.2, 0.25) is 0 Å². The maximum Gasteiger partial charge on any atom is 0.257 e. The maximum atomic E-state index is 12.6. The van der Waals surface area contributed by atoms with E-state index < -0.39 is 0 Å². The van der Waals surface area contributed by atoms with Crippen LogP contribution in [0, 0.1) is 13.8 Å². The first kappa shape index (κ1) is 19.2. The second-order valence-electron chi connectivity index (χ2n) is 6.43. The second-order valence-corrected chi connectivity index (χ2v) is 6.43. The number of pyridine rings is 1.